The van der Waals surface area contributed by atoms with Gasteiger partial charge in [0.25, 0.3) is 0 Å². The van der Waals surface area contributed by atoms with Crippen LogP contribution in [0, 0.1) is 0 Å². The Labute approximate surface area is 346 Å². The molecule has 56 heavy (non-hydrogen) atoms. The number of amides is 1. The number of allylic oxidation sites excluding steroid dienone is 8. The van der Waals surface area contributed by atoms with Crippen LogP contribution in [0.4, 0.5) is 0 Å². The Morgan fingerprint density at radius 1 is 0.536 bits per heavy atom. The number of unbranched alkanes of at least 4 members (excludes halogenated alkanes) is 22. The number of rotatable bonds is 42. The molecule has 0 spiro atoms. The zero-order valence-electron chi connectivity index (χ0n) is 37.0. The zero-order chi connectivity index (χ0) is 41.0. The van der Waals surface area contributed by atoms with Crippen LogP contribution in [0.3, 0.4) is 0 Å². The van der Waals surface area contributed by atoms with Gasteiger partial charge in [0.2, 0.25) is 5.91 Å². The number of hydrogen-bond donors (Lipinski definition) is 3. The number of aliphatic hydroxyl groups excluding tert-OH is 2. The predicted octanol–water partition coefficient (Wildman–Crippen LogP) is 13.9. The van der Waals surface area contributed by atoms with E-state index in [4.69, 9.17) is 4.74 Å². The monoisotopic (exact) mass is 786 g/mol. The van der Waals surface area contributed by atoms with Crippen molar-refractivity contribution in [3.63, 3.8) is 0 Å². The highest BCUT2D eigenvalue weighted by molar-refractivity contribution is 5.77. The van der Waals surface area contributed by atoms with E-state index in [1.54, 1.807) is 0 Å². The van der Waals surface area contributed by atoms with E-state index in [1.165, 1.54) is 103 Å². The molecule has 0 fully saturated rings. The standard InChI is InChI=1S/C50H91NO5/c1-4-7-10-13-16-19-22-25-27-30-33-36-39-42-48(53)47(45-52)51-49(54)44-46(41-38-35-32-29-26-23-20-17-14-11-8-5-2)56-50(55)43-40-37-34-31-28-24-21-18-15-12-9-6-3/h8,11,17-18,20-21,26,29,46-48,52-53H,4-7,9-10,12-16,19,22-25,27-28,30-45H2,1-3H3,(H,51,54)/b11-8+,20-17+,21-18-,29-26+. The lowest BCUT2D eigenvalue weighted by Crippen LogP contribution is -2.46. The molecule has 0 bridgehead atoms. The maximum absolute atomic E-state index is 13.1. The molecule has 0 aliphatic heterocycles. The molecule has 0 aromatic heterocycles. The third-order valence-electron chi connectivity index (χ3n) is 10.6. The van der Waals surface area contributed by atoms with Crippen LogP contribution >= 0.6 is 0 Å². The number of nitrogens with one attached hydrogen (secondary N) is 1. The lowest BCUT2D eigenvalue weighted by atomic mass is 10.0. The minimum Gasteiger partial charge on any atom is -0.462 e. The van der Waals surface area contributed by atoms with Gasteiger partial charge in [-0.3, -0.25) is 9.59 Å². The SMILES string of the molecule is CC/C=C/C/C=C/C/C=C/CCCCC(CC(=O)NC(CO)C(O)CCCCCCCCCCCCCCC)OC(=O)CCCCCCC/C=C\CCCCC. The first kappa shape index (κ1) is 53.8. The Morgan fingerprint density at radius 2 is 0.964 bits per heavy atom. The topological polar surface area (TPSA) is 95.9 Å². The van der Waals surface area contributed by atoms with Crippen LogP contribution in [-0.2, 0) is 14.3 Å². The molecule has 3 N–H and O–H groups in total. The molecule has 0 rings (SSSR count). The highest BCUT2D eigenvalue weighted by Crippen LogP contribution is 2.17. The highest BCUT2D eigenvalue weighted by atomic mass is 16.5. The van der Waals surface area contributed by atoms with Crippen molar-refractivity contribution in [3.05, 3.63) is 48.6 Å². The van der Waals surface area contributed by atoms with E-state index in [2.05, 4.69) is 74.7 Å². The summed E-state index contributed by atoms with van der Waals surface area (Å²) in [5.74, 6) is -0.523. The largest absolute Gasteiger partial charge is 0.462 e. The van der Waals surface area contributed by atoms with Crippen molar-refractivity contribution in [1.29, 1.82) is 0 Å². The molecule has 0 heterocycles. The molecule has 6 nitrogen and oxygen atoms in total. The summed E-state index contributed by atoms with van der Waals surface area (Å²) >= 11 is 0. The van der Waals surface area contributed by atoms with Gasteiger partial charge >= 0.3 is 5.97 Å². The fraction of sp³-hybridized carbons (Fsp3) is 0.800. The van der Waals surface area contributed by atoms with Gasteiger partial charge in [0.05, 0.1) is 25.2 Å². The molecule has 0 aliphatic rings. The molecular formula is C50H91NO5. The molecule has 326 valence electrons. The van der Waals surface area contributed by atoms with Crippen LogP contribution in [0.1, 0.15) is 233 Å². The Morgan fingerprint density at radius 3 is 1.54 bits per heavy atom. The van der Waals surface area contributed by atoms with Crippen molar-refractivity contribution in [2.75, 3.05) is 6.61 Å². The van der Waals surface area contributed by atoms with Crippen molar-refractivity contribution >= 4 is 11.9 Å². The summed E-state index contributed by atoms with van der Waals surface area (Å²) in [5.41, 5.74) is 0. The van der Waals surface area contributed by atoms with Crippen LogP contribution < -0.4 is 5.32 Å². The Hall–Kier alpha value is -2.18. The molecule has 6 heteroatoms. The summed E-state index contributed by atoms with van der Waals surface area (Å²) in [4.78, 5) is 26.0. The van der Waals surface area contributed by atoms with Gasteiger partial charge in [0, 0.05) is 6.42 Å². The van der Waals surface area contributed by atoms with Crippen LogP contribution in [0.2, 0.25) is 0 Å². The first-order valence-electron chi connectivity index (χ1n) is 23.9. The molecule has 0 aliphatic carbocycles. The van der Waals surface area contributed by atoms with E-state index >= 15 is 0 Å². The van der Waals surface area contributed by atoms with Gasteiger partial charge in [0.1, 0.15) is 6.10 Å². The highest BCUT2D eigenvalue weighted by Gasteiger charge is 2.24. The number of carbonyl (C=O) groups is 2. The van der Waals surface area contributed by atoms with E-state index in [-0.39, 0.29) is 24.9 Å². The number of aliphatic hydroxyl groups is 2. The second-order valence-corrected chi connectivity index (χ2v) is 16.1. The average Bonchev–Trinajstić information content (AvgIpc) is 3.19. The number of esters is 1. The van der Waals surface area contributed by atoms with Crippen molar-refractivity contribution in [2.24, 2.45) is 0 Å². The van der Waals surface area contributed by atoms with Gasteiger partial charge in [0.15, 0.2) is 0 Å². The van der Waals surface area contributed by atoms with E-state index in [1.807, 2.05) is 0 Å². The van der Waals surface area contributed by atoms with Crippen molar-refractivity contribution in [1.82, 2.24) is 5.32 Å². The summed E-state index contributed by atoms with van der Waals surface area (Å²) in [5, 5.41) is 23.7. The van der Waals surface area contributed by atoms with Crippen molar-refractivity contribution in [3.8, 4) is 0 Å². The molecule has 0 saturated heterocycles. The summed E-state index contributed by atoms with van der Waals surface area (Å²) in [6, 6.07) is -0.713. The third-order valence-corrected chi connectivity index (χ3v) is 10.6. The van der Waals surface area contributed by atoms with Gasteiger partial charge in [-0.1, -0.05) is 185 Å². The molecule has 0 saturated carbocycles. The molecule has 0 radical (unpaired) electrons. The van der Waals surface area contributed by atoms with Crippen LogP contribution in [0.15, 0.2) is 48.6 Å². The Balaban J connectivity index is 4.63. The van der Waals surface area contributed by atoms with Gasteiger partial charge in [-0.2, -0.15) is 0 Å². The van der Waals surface area contributed by atoms with Crippen molar-refractivity contribution < 1.29 is 24.5 Å². The fourth-order valence-electron chi connectivity index (χ4n) is 7.03. The minimum atomic E-state index is -0.797. The van der Waals surface area contributed by atoms with Crippen LogP contribution in [-0.4, -0.2) is 46.9 Å². The maximum Gasteiger partial charge on any atom is 0.306 e. The van der Waals surface area contributed by atoms with Crippen LogP contribution in [0.5, 0.6) is 0 Å². The van der Waals surface area contributed by atoms with Crippen molar-refractivity contribution in [2.45, 2.75) is 251 Å². The predicted molar refractivity (Wildman–Crippen MR) is 241 cm³/mol. The zero-order valence-corrected chi connectivity index (χ0v) is 37.0. The van der Waals surface area contributed by atoms with E-state index in [0.29, 0.717) is 19.3 Å². The van der Waals surface area contributed by atoms with Gasteiger partial charge in [-0.15, -0.1) is 0 Å². The van der Waals surface area contributed by atoms with E-state index in [9.17, 15) is 19.8 Å². The second kappa shape index (κ2) is 43.9. The average molecular weight is 786 g/mol. The molecule has 1 amide bonds. The smallest absolute Gasteiger partial charge is 0.306 e. The molecule has 3 atom stereocenters. The normalized spacial score (nSPS) is 13.7. The minimum absolute atomic E-state index is 0.0484. The van der Waals surface area contributed by atoms with E-state index in [0.717, 1.165) is 83.5 Å². The third kappa shape index (κ3) is 38.7. The molecule has 0 aromatic carbocycles. The van der Waals surface area contributed by atoms with Gasteiger partial charge in [-0.05, 0) is 83.5 Å². The van der Waals surface area contributed by atoms with Gasteiger partial charge < -0.3 is 20.3 Å². The Bertz CT molecular complexity index is 972. The Kier molecular flexibility index (Phi) is 42.2. The summed E-state index contributed by atoms with van der Waals surface area (Å²) in [6.07, 6.45) is 51.7. The maximum atomic E-state index is 13.1. The first-order valence-corrected chi connectivity index (χ1v) is 23.9. The summed E-state index contributed by atoms with van der Waals surface area (Å²) in [7, 11) is 0. The lowest BCUT2D eigenvalue weighted by Gasteiger charge is -2.24. The van der Waals surface area contributed by atoms with E-state index < -0.39 is 18.2 Å². The number of carbonyl (C=O) groups excluding carboxylic acids is 2. The number of ether oxygens (including phenoxy) is 1. The van der Waals surface area contributed by atoms with Gasteiger partial charge in [-0.25, -0.2) is 0 Å². The molecular weight excluding hydrogens is 695 g/mol. The lowest BCUT2D eigenvalue weighted by molar-refractivity contribution is -0.151. The molecule has 0 aromatic rings. The van der Waals surface area contributed by atoms with Crippen LogP contribution in [0.25, 0.3) is 0 Å². The summed E-state index contributed by atoms with van der Waals surface area (Å²) in [6.45, 7) is 6.32. The quantitative estimate of drug-likeness (QED) is 0.0325. The first-order chi connectivity index (χ1) is 27.5. The fourth-order valence-corrected chi connectivity index (χ4v) is 7.03. The summed E-state index contributed by atoms with van der Waals surface area (Å²) < 4.78 is 5.88. The number of hydrogen-bond acceptors (Lipinski definition) is 5. The molecule has 3 unspecified atom stereocenters. The second-order valence-electron chi connectivity index (χ2n) is 16.1.